The summed E-state index contributed by atoms with van der Waals surface area (Å²) in [6, 6.07) is 0. The SMILES string of the molecule is CCCC(CC)(CC)CCCC=N. The molecule has 0 saturated heterocycles. The molecule has 78 valence electrons. The monoisotopic (exact) mass is 183 g/mol. The van der Waals surface area contributed by atoms with Crippen molar-refractivity contribution in [2.24, 2.45) is 5.41 Å². The summed E-state index contributed by atoms with van der Waals surface area (Å²) in [5, 5.41) is 7.00. The second-order valence-corrected chi connectivity index (χ2v) is 4.05. The molecule has 0 aliphatic rings. The molecule has 0 rings (SSSR count). The van der Waals surface area contributed by atoms with E-state index in [0.717, 1.165) is 6.42 Å². The second-order valence-electron chi connectivity index (χ2n) is 4.05. The number of nitrogens with one attached hydrogen (secondary N) is 1. The Balaban J connectivity index is 3.96. The summed E-state index contributed by atoms with van der Waals surface area (Å²) in [5.41, 5.74) is 0.581. The third-order valence-electron chi connectivity index (χ3n) is 3.34. The molecule has 0 aromatic carbocycles. The van der Waals surface area contributed by atoms with Crippen LogP contribution in [0.1, 0.15) is 65.7 Å². The van der Waals surface area contributed by atoms with E-state index in [2.05, 4.69) is 20.8 Å². The van der Waals surface area contributed by atoms with E-state index in [-0.39, 0.29) is 0 Å². The van der Waals surface area contributed by atoms with Crippen molar-refractivity contribution in [3.8, 4) is 0 Å². The van der Waals surface area contributed by atoms with Crippen molar-refractivity contribution in [2.75, 3.05) is 0 Å². The highest BCUT2D eigenvalue weighted by atomic mass is 14.3. The summed E-state index contributed by atoms with van der Waals surface area (Å²) < 4.78 is 0. The van der Waals surface area contributed by atoms with Crippen LogP contribution in [0.15, 0.2) is 0 Å². The first-order chi connectivity index (χ1) is 6.24. The maximum atomic E-state index is 7.00. The van der Waals surface area contributed by atoms with E-state index >= 15 is 0 Å². The van der Waals surface area contributed by atoms with Crippen molar-refractivity contribution in [1.82, 2.24) is 0 Å². The minimum absolute atomic E-state index is 0.581. The number of hydrogen-bond acceptors (Lipinski definition) is 1. The molecule has 1 heteroatoms. The molecule has 0 amide bonds. The summed E-state index contributed by atoms with van der Waals surface area (Å²) in [7, 11) is 0. The predicted molar refractivity (Wildman–Crippen MR) is 60.6 cm³/mol. The first kappa shape index (κ1) is 12.7. The zero-order chi connectivity index (χ0) is 10.2. The summed E-state index contributed by atoms with van der Waals surface area (Å²) in [6.45, 7) is 6.89. The molecule has 0 fully saturated rings. The number of hydrogen-bond donors (Lipinski definition) is 1. The van der Waals surface area contributed by atoms with Gasteiger partial charge in [0.1, 0.15) is 0 Å². The highest BCUT2D eigenvalue weighted by Crippen LogP contribution is 2.37. The standard InChI is InChI=1S/C12H25N/c1-4-9-12(5-2,6-3)10-7-8-11-13/h11,13H,4-10H2,1-3H3. The third kappa shape index (κ3) is 4.44. The van der Waals surface area contributed by atoms with Gasteiger partial charge in [-0.25, -0.2) is 0 Å². The lowest BCUT2D eigenvalue weighted by Crippen LogP contribution is -2.18. The molecule has 0 bridgehead atoms. The highest BCUT2D eigenvalue weighted by molar-refractivity contribution is 5.52. The van der Waals surface area contributed by atoms with Gasteiger partial charge < -0.3 is 5.41 Å². The zero-order valence-corrected chi connectivity index (χ0v) is 9.53. The van der Waals surface area contributed by atoms with Crippen LogP contribution in [-0.2, 0) is 0 Å². The van der Waals surface area contributed by atoms with Crippen LogP contribution >= 0.6 is 0 Å². The number of rotatable bonds is 8. The van der Waals surface area contributed by atoms with Crippen molar-refractivity contribution < 1.29 is 0 Å². The van der Waals surface area contributed by atoms with Crippen molar-refractivity contribution >= 4 is 6.21 Å². The van der Waals surface area contributed by atoms with Crippen LogP contribution in [0.3, 0.4) is 0 Å². The molecule has 0 aromatic rings. The molecule has 0 saturated carbocycles. The Morgan fingerprint density at radius 2 is 1.69 bits per heavy atom. The Hall–Kier alpha value is -0.330. The van der Waals surface area contributed by atoms with E-state index in [0.29, 0.717) is 5.41 Å². The van der Waals surface area contributed by atoms with E-state index < -0.39 is 0 Å². The van der Waals surface area contributed by atoms with Gasteiger partial charge in [-0.1, -0.05) is 40.0 Å². The average Bonchev–Trinajstić information content (AvgIpc) is 2.17. The first-order valence-corrected chi connectivity index (χ1v) is 5.73. The van der Waals surface area contributed by atoms with Gasteiger partial charge >= 0.3 is 0 Å². The molecule has 0 unspecified atom stereocenters. The van der Waals surface area contributed by atoms with Crippen molar-refractivity contribution in [2.45, 2.75) is 65.7 Å². The lowest BCUT2D eigenvalue weighted by molar-refractivity contribution is 0.212. The second kappa shape index (κ2) is 7.11. The fraction of sp³-hybridized carbons (Fsp3) is 0.917. The van der Waals surface area contributed by atoms with Crippen LogP contribution in [0.2, 0.25) is 0 Å². The first-order valence-electron chi connectivity index (χ1n) is 5.73. The minimum Gasteiger partial charge on any atom is -0.313 e. The molecule has 0 radical (unpaired) electrons. The lowest BCUT2D eigenvalue weighted by Gasteiger charge is -2.31. The number of unbranched alkanes of at least 4 members (excludes halogenated alkanes) is 1. The Morgan fingerprint density at radius 3 is 2.08 bits per heavy atom. The molecule has 0 aromatic heterocycles. The predicted octanol–water partition coefficient (Wildman–Crippen LogP) is 4.41. The lowest BCUT2D eigenvalue weighted by atomic mass is 9.74. The van der Waals surface area contributed by atoms with Gasteiger partial charge in [0, 0.05) is 0 Å². The van der Waals surface area contributed by atoms with Crippen LogP contribution in [-0.4, -0.2) is 6.21 Å². The Morgan fingerprint density at radius 1 is 1.08 bits per heavy atom. The quantitative estimate of drug-likeness (QED) is 0.425. The minimum atomic E-state index is 0.581. The molecule has 13 heavy (non-hydrogen) atoms. The molecular formula is C12H25N. The van der Waals surface area contributed by atoms with Gasteiger partial charge in [0.05, 0.1) is 0 Å². The topological polar surface area (TPSA) is 23.9 Å². The maximum Gasteiger partial charge on any atom is -0.00477 e. The summed E-state index contributed by atoms with van der Waals surface area (Å²) >= 11 is 0. The van der Waals surface area contributed by atoms with Gasteiger partial charge in [0.25, 0.3) is 0 Å². The molecule has 0 aliphatic carbocycles. The van der Waals surface area contributed by atoms with E-state index in [9.17, 15) is 0 Å². The van der Waals surface area contributed by atoms with Crippen LogP contribution in [0, 0.1) is 10.8 Å². The van der Waals surface area contributed by atoms with Crippen LogP contribution in [0.4, 0.5) is 0 Å². The van der Waals surface area contributed by atoms with Gasteiger partial charge in [-0.15, -0.1) is 0 Å². The summed E-state index contributed by atoms with van der Waals surface area (Å²) in [5.74, 6) is 0. The van der Waals surface area contributed by atoms with Crippen molar-refractivity contribution in [3.05, 3.63) is 0 Å². The van der Waals surface area contributed by atoms with Gasteiger partial charge in [0.2, 0.25) is 0 Å². The van der Waals surface area contributed by atoms with E-state index in [1.807, 2.05) is 0 Å². The molecule has 1 nitrogen and oxygen atoms in total. The molecule has 0 spiro atoms. The van der Waals surface area contributed by atoms with Gasteiger partial charge in [-0.3, -0.25) is 0 Å². The van der Waals surface area contributed by atoms with Gasteiger partial charge in [0.15, 0.2) is 0 Å². The van der Waals surface area contributed by atoms with Crippen LogP contribution in [0.25, 0.3) is 0 Å². The summed E-state index contributed by atoms with van der Waals surface area (Å²) in [6.07, 6.45) is 10.3. The van der Waals surface area contributed by atoms with E-state index in [4.69, 9.17) is 5.41 Å². The third-order valence-corrected chi connectivity index (χ3v) is 3.34. The normalized spacial score (nSPS) is 11.6. The Labute approximate surface area is 83.4 Å². The highest BCUT2D eigenvalue weighted by Gasteiger charge is 2.23. The molecule has 0 heterocycles. The van der Waals surface area contributed by atoms with Crippen molar-refractivity contribution in [1.29, 1.82) is 5.41 Å². The average molecular weight is 183 g/mol. The maximum absolute atomic E-state index is 7.00. The molecule has 1 N–H and O–H groups in total. The zero-order valence-electron chi connectivity index (χ0n) is 9.53. The van der Waals surface area contributed by atoms with E-state index in [1.54, 1.807) is 6.21 Å². The molecule has 0 aliphatic heterocycles. The van der Waals surface area contributed by atoms with E-state index in [1.165, 1.54) is 38.5 Å². The van der Waals surface area contributed by atoms with Gasteiger partial charge in [-0.2, -0.15) is 0 Å². The fourth-order valence-electron chi connectivity index (χ4n) is 2.19. The van der Waals surface area contributed by atoms with Crippen LogP contribution in [0.5, 0.6) is 0 Å². The molecular weight excluding hydrogens is 158 g/mol. The smallest absolute Gasteiger partial charge is 0.00477 e. The van der Waals surface area contributed by atoms with Gasteiger partial charge in [-0.05, 0) is 37.3 Å². The Bertz CT molecular complexity index is 125. The van der Waals surface area contributed by atoms with Crippen LogP contribution < -0.4 is 0 Å². The summed E-state index contributed by atoms with van der Waals surface area (Å²) in [4.78, 5) is 0. The van der Waals surface area contributed by atoms with Crippen molar-refractivity contribution in [3.63, 3.8) is 0 Å². The largest absolute Gasteiger partial charge is 0.313 e. The fourth-order valence-corrected chi connectivity index (χ4v) is 2.19. The Kier molecular flexibility index (Phi) is 6.93. The molecule has 0 atom stereocenters.